The van der Waals surface area contributed by atoms with E-state index in [1.54, 1.807) is 42.5 Å². The van der Waals surface area contributed by atoms with Gasteiger partial charge in [0.15, 0.2) is 10.6 Å². The Balaban J connectivity index is 2.20. The molecule has 3 rings (SSSR count). The number of unbranched alkanes of at least 4 members (excludes halogenated alkanes) is 1. The number of ether oxygens (including phenoxy) is 2. The van der Waals surface area contributed by atoms with Crippen LogP contribution in [-0.4, -0.2) is 22.5 Å². The molecule has 9 heteroatoms. The van der Waals surface area contributed by atoms with E-state index in [4.69, 9.17) is 26.1 Å². The molecule has 0 aliphatic carbocycles. The summed E-state index contributed by atoms with van der Waals surface area (Å²) in [7, 11) is 0. The smallest absolute Gasteiger partial charge is 0.426 e. The number of esters is 1. The number of nitrogens with zero attached hydrogens (tertiary/aromatic N) is 3. The molecule has 0 unspecified atom stereocenters. The van der Waals surface area contributed by atoms with Gasteiger partial charge in [0.25, 0.3) is 0 Å². The van der Waals surface area contributed by atoms with Crippen LogP contribution in [0.4, 0.5) is 4.79 Å². The van der Waals surface area contributed by atoms with E-state index in [0.717, 1.165) is 24.3 Å². The van der Waals surface area contributed by atoms with E-state index in [2.05, 4.69) is 43.5 Å². The van der Waals surface area contributed by atoms with Gasteiger partial charge in [0, 0.05) is 29.6 Å². The SMILES string of the molecule is CCCCn1cc(C(C)(C)C)sc1=N/C(=N\C(=O)Oc1ccccc1)c1cc(Cl)ccc1OC(C)=O. The van der Waals surface area contributed by atoms with E-state index < -0.39 is 12.1 Å². The zero-order chi connectivity index (χ0) is 26.3. The highest BCUT2D eigenvalue weighted by molar-refractivity contribution is 7.09. The highest BCUT2D eigenvalue weighted by atomic mass is 35.5. The average Bonchev–Trinajstić information content (AvgIpc) is 3.22. The Bertz CT molecular complexity index is 1320. The molecule has 1 aromatic heterocycles. The van der Waals surface area contributed by atoms with Gasteiger partial charge in [-0.25, -0.2) is 9.79 Å². The lowest BCUT2D eigenvalue weighted by molar-refractivity contribution is -0.131. The average molecular weight is 528 g/mol. The third-order valence-electron chi connectivity index (χ3n) is 5.00. The first kappa shape index (κ1) is 27.4. The van der Waals surface area contributed by atoms with Crippen molar-refractivity contribution in [2.75, 3.05) is 0 Å². The molecule has 36 heavy (non-hydrogen) atoms. The first-order chi connectivity index (χ1) is 17.1. The summed E-state index contributed by atoms with van der Waals surface area (Å²) in [4.78, 5) is 35.3. The van der Waals surface area contributed by atoms with Crippen molar-refractivity contribution >= 4 is 40.8 Å². The number of rotatable bonds is 6. The molecule has 0 aliphatic heterocycles. The maximum Gasteiger partial charge on any atom is 0.441 e. The van der Waals surface area contributed by atoms with Gasteiger partial charge < -0.3 is 14.0 Å². The number of para-hydroxylation sites is 1. The van der Waals surface area contributed by atoms with Gasteiger partial charge in [-0.1, -0.05) is 63.9 Å². The van der Waals surface area contributed by atoms with Crippen molar-refractivity contribution in [1.29, 1.82) is 0 Å². The van der Waals surface area contributed by atoms with Crippen LogP contribution in [0.15, 0.2) is 64.7 Å². The van der Waals surface area contributed by atoms with Gasteiger partial charge in [0.1, 0.15) is 11.5 Å². The fourth-order valence-electron chi connectivity index (χ4n) is 3.16. The third kappa shape index (κ3) is 7.63. The molecule has 3 aromatic rings. The van der Waals surface area contributed by atoms with Gasteiger partial charge in [0.05, 0.1) is 5.56 Å². The quantitative estimate of drug-likeness (QED) is 0.153. The molecule has 0 N–H and O–H groups in total. The second-order valence-corrected chi connectivity index (χ2v) is 10.6. The summed E-state index contributed by atoms with van der Waals surface area (Å²) in [6.07, 6.45) is 3.21. The molecule has 0 spiro atoms. The number of carbonyl (C=O) groups is 2. The van der Waals surface area contributed by atoms with Crippen molar-refractivity contribution in [3.63, 3.8) is 0 Å². The van der Waals surface area contributed by atoms with E-state index in [1.807, 2.05) is 6.07 Å². The highest BCUT2D eigenvalue weighted by Gasteiger charge is 2.20. The Morgan fingerprint density at radius 1 is 1.08 bits per heavy atom. The van der Waals surface area contributed by atoms with Crippen LogP contribution in [0.1, 0.15) is 57.9 Å². The lowest BCUT2D eigenvalue weighted by Crippen LogP contribution is -2.18. The fraction of sp³-hybridized carbons (Fsp3) is 0.333. The minimum atomic E-state index is -0.860. The number of carbonyl (C=O) groups excluding carboxylic acids is 2. The molecule has 0 atom stereocenters. The Morgan fingerprint density at radius 3 is 2.44 bits per heavy atom. The van der Waals surface area contributed by atoms with Gasteiger partial charge in [0.2, 0.25) is 0 Å². The molecule has 2 aromatic carbocycles. The molecule has 1 amide bonds. The maximum absolute atomic E-state index is 12.8. The maximum atomic E-state index is 12.8. The normalized spacial score (nSPS) is 12.5. The van der Waals surface area contributed by atoms with Crippen LogP contribution in [0.2, 0.25) is 5.02 Å². The number of aromatic nitrogens is 1. The Labute approximate surface area is 220 Å². The Morgan fingerprint density at radius 2 is 1.81 bits per heavy atom. The minimum Gasteiger partial charge on any atom is -0.426 e. The highest BCUT2D eigenvalue weighted by Crippen LogP contribution is 2.27. The second kappa shape index (κ2) is 12.1. The summed E-state index contributed by atoms with van der Waals surface area (Å²) in [5, 5.41) is 0.376. The summed E-state index contributed by atoms with van der Waals surface area (Å²) < 4.78 is 12.8. The topological polar surface area (TPSA) is 82.2 Å². The number of benzene rings is 2. The predicted molar refractivity (Wildman–Crippen MR) is 143 cm³/mol. The van der Waals surface area contributed by atoms with Crippen molar-refractivity contribution in [2.24, 2.45) is 9.98 Å². The zero-order valence-electron chi connectivity index (χ0n) is 21.1. The van der Waals surface area contributed by atoms with Gasteiger partial charge in [-0.3, -0.25) is 4.79 Å². The molecule has 0 bridgehead atoms. The van der Waals surface area contributed by atoms with Crippen LogP contribution in [-0.2, 0) is 16.8 Å². The predicted octanol–water partition coefficient (Wildman–Crippen LogP) is 6.77. The standard InChI is InChI=1S/C27H30ClN3O4S/c1-6-7-15-31-17-23(27(3,4)5)36-25(31)29-24(30-26(33)35-20-11-9-8-10-12-20)21-16-19(28)13-14-22(21)34-18(2)32/h8-14,16-17H,6-7,15H2,1-5H3/b29-25?,30-24-. The van der Waals surface area contributed by atoms with Crippen molar-refractivity contribution in [1.82, 2.24) is 4.57 Å². The van der Waals surface area contributed by atoms with E-state index in [1.165, 1.54) is 18.3 Å². The summed E-state index contributed by atoms with van der Waals surface area (Å²) in [6.45, 7) is 10.6. The van der Waals surface area contributed by atoms with Gasteiger partial charge >= 0.3 is 12.1 Å². The molecule has 1 heterocycles. The van der Waals surface area contributed by atoms with Crippen LogP contribution in [0.25, 0.3) is 0 Å². The number of hydrogen-bond donors (Lipinski definition) is 0. The van der Waals surface area contributed by atoms with Crippen LogP contribution in [0.3, 0.4) is 0 Å². The van der Waals surface area contributed by atoms with Gasteiger partial charge in [-0.05, 0) is 42.2 Å². The fourth-order valence-corrected chi connectivity index (χ4v) is 4.41. The molecule has 0 radical (unpaired) electrons. The lowest BCUT2D eigenvalue weighted by atomic mass is 9.95. The van der Waals surface area contributed by atoms with E-state index in [-0.39, 0.29) is 17.0 Å². The van der Waals surface area contributed by atoms with E-state index in [9.17, 15) is 9.59 Å². The molecular weight excluding hydrogens is 498 g/mol. The number of aliphatic imine (C=N–C) groups is 1. The number of hydrogen-bond acceptors (Lipinski definition) is 5. The molecule has 190 valence electrons. The molecular formula is C27H30ClN3O4S. The van der Waals surface area contributed by atoms with Gasteiger partial charge in [-0.15, -0.1) is 11.3 Å². The van der Waals surface area contributed by atoms with Crippen LogP contribution in [0, 0.1) is 0 Å². The first-order valence-corrected chi connectivity index (χ1v) is 12.9. The number of halogens is 1. The molecule has 0 fully saturated rings. The second-order valence-electron chi connectivity index (χ2n) is 9.14. The van der Waals surface area contributed by atoms with Crippen molar-refractivity contribution < 1.29 is 19.1 Å². The largest absolute Gasteiger partial charge is 0.441 e. The Kier molecular flexibility index (Phi) is 9.23. The number of aryl methyl sites for hydroxylation is 1. The van der Waals surface area contributed by atoms with E-state index >= 15 is 0 Å². The summed E-state index contributed by atoms with van der Waals surface area (Å²) in [5.74, 6) is 0.0480. The van der Waals surface area contributed by atoms with Crippen molar-refractivity contribution in [3.05, 3.63) is 75.0 Å². The van der Waals surface area contributed by atoms with Crippen LogP contribution < -0.4 is 14.3 Å². The summed E-state index contributed by atoms with van der Waals surface area (Å²) >= 11 is 7.79. The minimum absolute atomic E-state index is 0.0299. The molecule has 0 saturated heterocycles. The first-order valence-electron chi connectivity index (χ1n) is 11.7. The zero-order valence-corrected chi connectivity index (χ0v) is 22.7. The summed E-state index contributed by atoms with van der Waals surface area (Å²) in [6, 6.07) is 13.3. The number of thiazole rings is 1. The summed E-state index contributed by atoms with van der Waals surface area (Å²) in [5.41, 5.74) is 0.213. The monoisotopic (exact) mass is 527 g/mol. The van der Waals surface area contributed by atoms with Crippen molar-refractivity contribution in [3.8, 4) is 11.5 Å². The van der Waals surface area contributed by atoms with Gasteiger partial charge in [-0.2, -0.15) is 4.99 Å². The molecule has 0 aliphatic rings. The lowest BCUT2D eigenvalue weighted by Gasteiger charge is -2.14. The number of amides is 1. The third-order valence-corrected chi connectivity index (χ3v) is 6.68. The Hall–Kier alpha value is -3.23. The molecule has 0 saturated carbocycles. The molecule has 7 nitrogen and oxygen atoms in total. The van der Waals surface area contributed by atoms with E-state index in [0.29, 0.717) is 21.1 Å². The van der Waals surface area contributed by atoms with Crippen molar-refractivity contribution in [2.45, 2.75) is 59.4 Å². The van der Waals surface area contributed by atoms with Crippen LogP contribution in [0.5, 0.6) is 11.5 Å². The number of amidine groups is 1. The van der Waals surface area contributed by atoms with Crippen LogP contribution >= 0.6 is 22.9 Å².